The van der Waals surface area contributed by atoms with Gasteiger partial charge in [0.2, 0.25) is 0 Å². The van der Waals surface area contributed by atoms with Crippen molar-refractivity contribution in [2.45, 2.75) is 37.8 Å². The highest BCUT2D eigenvalue weighted by Crippen LogP contribution is 2.33. The zero-order valence-electron chi connectivity index (χ0n) is 9.64. The molecule has 17 heavy (non-hydrogen) atoms. The van der Waals surface area contributed by atoms with Gasteiger partial charge in [-0.05, 0) is 26.2 Å². The highest BCUT2D eigenvalue weighted by molar-refractivity contribution is 5.82. The van der Waals surface area contributed by atoms with Gasteiger partial charge in [0.05, 0.1) is 18.0 Å². The number of H-pyrrole nitrogens is 1. The van der Waals surface area contributed by atoms with Gasteiger partial charge in [-0.1, -0.05) is 0 Å². The minimum atomic E-state index is -0.338. The molecule has 0 aliphatic heterocycles. The first-order valence-electron chi connectivity index (χ1n) is 5.79. The molecule has 1 saturated carbocycles. The Morgan fingerprint density at radius 2 is 2.35 bits per heavy atom. The van der Waals surface area contributed by atoms with E-state index in [0.717, 1.165) is 24.8 Å². The largest absolute Gasteiger partial charge is 0.391 e. The Kier molecular flexibility index (Phi) is 2.25. The molecule has 1 aliphatic rings. The summed E-state index contributed by atoms with van der Waals surface area (Å²) in [5, 5.41) is 13.3. The minimum Gasteiger partial charge on any atom is -0.391 e. The summed E-state index contributed by atoms with van der Waals surface area (Å²) >= 11 is 0. The second-order valence-corrected chi connectivity index (χ2v) is 4.77. The lowest BCUT2D eigenvalue weighted by molar-refractivity contribution is 0.130. The predicted octanol–water partition coefficient (Wildman–Crippen LogP) is 1.07. The molecule has 6 heteroatoms. The first-order valence-corrected chi connectivity index (χ1v) is 5.79. The van der Waals surface area contributed by atoms with E-state index in [9.17, 15) is 5.11 Å². The predicted molar refractivity (Wildman–Crippen MR) is 63.6 cm³/mol. The van der Waals surface area contributed by atoms with E-state index >= 15 is 0 Å². The third kappa shape index (κ3) is 1.64. The van der Waals surface area contributed by atoms with Crippen molar-refractivity contribution >= 4 is 17.0 Å². The molecule has 1 aliphatic carbocycles. The van der Waals surface area contributed by atoms with Gasteiger partial charge in [-0.2, -0.15) is 0 Å². The summed E-state index contributed by atoms with van der Waals surface area (Å²) in [5.74, 6) is 0.705. The molecule has 0 radical (unpaired) electrons. The normalized spacial score (nSPS) is 28.7. The molecule has 0 bridgehead atoms. The lowest BCUT2D eigenvalue weighted by Crippen LogP contribution is -2.42. The van der Waals surface area contributed by atoms with Crippen molar-refractivity contribution in [2.24, 2.45) is 0 Å². The number of aromatic amines is 1. The van der Waals surface area contributed by atoms with E-state index in [4.69, 9.17) is 0 Å². The van der Waals surface area contributed by atoms with Crippen molar-refractivity contribution in [3.8, 4) is 0 Å². The summed E-state index contributed by atoms with van der Waals surface area (Å²) in [6.07, 6.45) is 5.54. The van der Waals surface area contributed by atoms with E-state index in [-0.39, 0.29) is 11.6 Å². The van der Waals surface area contributed by atoms with Crippen molar-refractivity contribution in [1.82, 2.24) is 19.9 Å². The van der Waals surface area contributed by atoms with Crippen LogP contribution in [0.4, 0.5) is 5.82 Å². The number of imidazole rings is 1. The fourth-order valence-electron chi connectivity index (χ4n) is 2.42. The second kappa shape index (κ2) is 3.66. The second-order valence-electron chi connectivity index (χ2n) is 4.77. The van der Waals surface area contributed by atoms with E-state index in [1.807, 2.05) is 6.92 Å². The Morgan fingerprint density at radius 1 is 1.47 bits per heavy atom. The topological polar surface area (TPSA) is 86.7 Å². The zero-order chi connectivity index (χ0) is 11.9. The van der Waals surface area contributed by atoms with E-state index in [2.05, 4.69) is 25.3 Å². The molecule has 0 saturated heterocycles. The van der Waals surface area contributed by atoms with Gasteiger partial charge in [0, 0.05) is 0 Å². The number of nitrogens with zero attached hydrogens (tertiary/aromatic N) is 3. The molecule has 1 fully saturated rings. The number of aliphatic hydroxyl groups excluding tert-OH is 1. The molecule has 2 aromatic heterocycles. The lowest BCUT2D eigenvalue weighted by Gasteiger charge is -2.30. The van der Waals surface area contributed by atoms with E-state index in [1.165, 1.54) is 6.33 Å². The van der Waals surface area contributed by atoms with Crippen molar-refractivity contribution < 1.29 is 5.11 Å². The van der Waals surface area contributed by atoms with Crippen LogP contribution >= 0.6 is 0 Å². The van der Waals surface area contributed by atoms with E-state index in [0.29, 0.717) is 11.5 Å². The fraction of sp³-hybridized carbons (Fsp3) is 0.545. The lowest BCUT2D eigenvalue weighted by atomic mass is 9.98. The first-order chi connectivity index (χ1) is 8.19. The van der Waals surface area contributed by atoms with Crippen LogP contribution in [0.2, 0.25) is 0 Å². The Morgan fingerprint density at radius 3 is 3.12 bits per heavy atom. The van der Waals surface area contributed by atoms with Crippen LogP contribution in [0.5, 0.6) is 0 Å². The van der Waals surface area contributed by atoms with Gasteiger partial charge in [0.25, 0.3) is 0 Å². The first kappa shape index (κ1) is 10.5. The molecule has 3 N–H and O–H groups in total. The Labute approximate surface area is 98.5 Å². The van der Waals surface area contributed by atoms with Crippen molar-refractivity contribution in [3.63, 3.8) is 0 Å². The maximum atomic E-state index is 10.0. The molecule has 90 valence electrons. The van der Waals surface area contributed by atoms with Gasteiger partial charge in [-0.3, -0.25) is 0 Å². The van der Waals surface area contributed by atoms with Crippen molar-refractivity contribution in [3.05, 3.63) is 12.7 Å². The van der Waals surface area contributed by atoms with Gasteiger partial charge in [-0.15, -0.1) is 0 Å². The van der Waals surface area contributed by atoms with Gasteiger partial charge >= 0.3 is 0 Å². The monoisotopic (exact) mass is 233 g/mol. The molecule has 0 spiro atoms. The van der Waals surface area contributed by atoms with Crippen molar-refractivity contribution in [1.29, 1.82) is 0 Å². The zero-order valence-corrected chi connectivity index (χ0v) is 9.64. The Balaban J connectivity index is 1.97. The number of aliphatic hydroxyl groups is 1. The van der Waals surface area contributed by atoms with Gasteiger partial charge in [0.1, 0.15) is 11.8 Å². The van der Waals surface area contributed by atoms with Gasteiger partial charge in [-0.25, -0.2) is 15.0 Å². The van der Waals surface area contributed by atoms with Crippen LogP contribution in [0, 0.1) is 0 Å². The molecule has 2 atom stereocenters. The maximum Gasteiger partial charge on any atom is 0.182 e. The van der Waals surface area contributed by atoms with Crippen LogP contribution in [-0.2, 0) is 0 Å². The third-order valence-electron chi connectivity index (χ3n) is 3.54. The molecule has 0 amide bonds. The summed E-state index contributed by atoms with van der Waals surface area (Å²) in [6, 6.07) is 0. The summed E-state index contributed by atoms with van der Waals surface area (Å²) in [5.41, 5.74) is 1.11. The third-order valence-corrected chi connectivity index (χ3v) is 3.54. The van der Waals surface area contributed by atoms with E-state index in [1.54, 1.807) is 6.33 Å². The summed E-state index contributed by atoms with van der Waals surface area (Å²) in [4.78, 5) is 15.4. The standard InChI is InChI=1S/C11H15N5O/c1-11(4-2-3-7(11)17)16-10-8-9(13-5-12-8)14-6-15-10/h5-7,17H,2-4H2,1H3,(H2,12,13,14,15,16)/t7-,11+/m0/s1. The van der Waals surface area contributed by atoms with Crippen molar-refractivity contribution in [2.75, 3.05) is 5.32 Å². The average Bonchev–Trinajstić information content (AvgIpc) is 2.88. The molecule has 3 rings (SSSR count). The highest BCUT2D eigenvalue weighted by Gasteiger charge is 2.38. The summed E-state index contributed by atoms with van der Waals surface area (Å²) < 4.78 is 0. The maximum absolute atomic E-state index is 10.0. The number of aromatic nitrogens is 4. The van der Waals surface area contributed by atoms with E-state index < -0.39 is 0 Å². The fourth-order valence-corrected chi connectivity index (χ4v) is 2.42. The molecule has 2 aromatic rings. The number of anilines is 1. The molecule has 2 heterocycles. The van der Waals surface area contributed by atoms with Gasteiger partial charge in [0.15, 0.2) is 11.5 Å². The van der Waals surface area contributed by atoms with Crippen LogP contribution in [0.25, 0.3) is 11.2 Å². The minimum absolute atomic E-state index is 0.313. The molecular weight excluding hydrogens is 218 g/mol. The number of hydrogen-bond acceptors (Lipinski definition) is 5. The average molecular weight is 233 g/mol. The molecular formula is C11H15N5O. The SMILES string of the molecule is C[C@@]1(Nc2ncnc3nc[nH]c23)CCC[C@@H]1O. The Bertz CT molecular complexity index is 539. The quantitative estimate of drug-likeness (QED) is 0.722. The molecule has 6 nitrogen and oxygen atoms in total. The van der Waals surface area contributed by atoms with Crippen LogP contribution in [0.3, 0.4) is 0 Å². The number of fused-ring (bicyclic) bond motifs is 1. The van der Waals surface area contributed by atoms with Crippen LogP contribution < -0.4 is 5.32 Å². The van der Waals surface area contributed by atoms with Crippen LogP contribution in [0.15, 0.2) is 12.7 Å². The number of hydrogen-bond donors (Lipinski definition) is 3. The summed E-state index contributed by atoms with van der Waals surface area (Å²) in [7, 11) is 0. The van der Waals surface area contributed by atoms with Gasteiger partial charge < -0.3 is 15.4 Å². The molecule has 0 aromatic carbocycles. The highest BCUT2D eigenvalue weighted by atomic mass is 16.3. The number of nitrogens with one attached hydrogen (secondary N) is 2. The Hall–Kier alpha value is -1.69. The van der Waals surface area contributed by atoms with Crippen LogP contribution in [0.1, 0.15) is 26.2 Å². The van der Waals surface area contributed by atoms with Crippen LogP contribution in [-0.4, -0.2) is 36.7 Å². The smallest absolute Gasteiger partial charge is 0.182 e. The summed E-state index contributed by atoms with van der Waals surface area (Å²) in [6.45, 7) is 2.02. The molecule has 0 unspecified atom stereocenters. The number of rotatable bonds is 2.